The standard InChI is InChI=1S/C12H20N4O/c1-15(8-9-5-3-4-6-9)12(17)10-7-14-16(2)11(10)13/h7,9H,3-6,8,13H2,1-2H3. The molecule has 0 saturated heterocycles. The molecule has 1 heterocycles. The SMILES string of the molecule is CN(CC1CCCC1)C(=O)c1cnn(C)c1N. The average Bonchev–Trinajstić information content (AvgIpc) is 2.90. The second-order valence-electron chi connectivity index (χ2n) is 4.90. The van der Waals surface area contributed by atoms with Crippen molar-refractivity contribution in [2.45, 2.75) is 25.7 Å². The molecule has 0 atom stereocenters. The highest BCUT2D eigenvalue weighted by Gasteiger charge is 2.22. The number of nitrogens with two attached hydrogens (primary N) is 1. The van der Waals surface area contributed by atoms with Crippen molar-refractivity contribution in [3.63, 3.8) is 0 Å². The minimum Gasteiger partial charge on any atom is -0.383 e. The Kier molecular flexibility index (Phi) is 3.36. The van der Waals surface area contributed by atoms with Crippen LogP contribution >= 0.6 is 0 Å². The number of carbonyl (C=O) groups excluding carboxylic acids is 1. The summed E-state index contributed by atoms with van der Waals surface area (Å²) in [4.78, 5) is 13.9. The molecule has 1 saturated carbocycles. The molecule has 1 aromatic rings. The van der Waals surface area contributed by atoms with Crippen LogP contribution < -0.4 is 5.73 Å². The van der Waals surface area contributed by atoms with Crippen LogP contribution in [-0.4, -0.2) is 34.2 Å². The first kappa shape index (κ1) is 12.0. The van der Waals surface area contributed by atoms with E-state index in [9.17, 15) is 4.79 Å². The van der Waals surface area contributed by atoms with Crippen LogP contribution in [0.2, 0.25) is 0 Å². The number of aromatic nitrogens is 2. The second kappa shape index (κ2) is 4.77. The highest BCUT2D eigenvalue weighted by molar-refractivity contribution is 5.98. The summed E-state index contributed by atoms with van der Waals surface area (Å²) in [6.45, 7) is 0.827. The molecule has 0 bridgehead atoms. The first-order valence-electron chi connectivity index (χ1n) is 6.12. The lowest BCUT2D eigenvalue weighted by Gasteiger charge is -2.20. The molecular formula is C12H20N4O. The van der Waals surface area contributed by atoms with Gasteiger partial charge in [-0.3, -0.25) is 9.48 Å². The molecule has 0 aromatic carbocycles. The van der Waals surface area contributed by atoms with Crippen molar-refractivity contribution in [3.05, 3.63) is 11.8 Å². The van der Waals surface area contributed by atoms with Gasteiger partial charge in [0.2, 0.25) is 0 Å². The van der Waals surface area contributed by atoms with E-state index in [-0.39, 0.29) is 5.91 Å². The molecule has 1 aromatic heterocycles. The molecule has 0 aliphatic heterocycles. The molecule has 5 heteroatoms. The third-order valence-corrected chi connectivity index (χ3v) is 3.57. The molecule has 1 aliphatic rings. The third kappa shape index (κ3) is 2.43. The Morgan fingerprint density at radius 2 is 2.24 bits per heavy atom. The molecule has 0 radical (unpaired) electrons. The van der Waals surface area contributed by atoms with E-state index in [0.717, 1.165) is 6.54 Å². The average molecular weight is 236 g/mol. The molecule has 2 N–H and O–H groups in total. The van der Waals surface area contributed by atoms with E-state index in [2.05, 4.69) is 5.10 Å². The number of rotatable bonds is 3. The van der Waals surface area contributed by atoms with Gasteiger partial charge in [-0.15, -0.1) is 0 Å². The first-order chi connectivity index (χ1) is 8.09. The Morgan fingerprint density at radius 1 is 1.59 bits per heavy atom. The summed E-state index contributed by atoms with van der Waals surface area (Å²) < 4.78 is 1.52. The van der Waals surface area contributed by atoms with Gasteiger partial charge in [-0.05, 0) is 18.8 Å². The monoisotopic (exact) mass is 236 g/mol. The number of hydrogen-bond acceptors (Lipinski definition) is 3. The van der Waals surface area contributed by atoms with Crippen molar-refractivity contribution in [1.29, 1.82) is 0 Å². The fraction of sp³-hybridized carbons (Fsp3) is 0.667. The predicted octanol–water partition coefficient (Wildman–Crippen LogP) is 1.26. The summed E-state index contributed by atoms with van der Waals surface area (Å²) in [6.07, 6.45) is 6.60. The van der Waals surface area contributed by atoms with Gasteiger partial charge in [0, 0.05) is 20.6 Å². The van der Waals surface area contributed by atoms with Gasteiger partial charge in [0.15, 0.2) is 0 Å². The van der Waals surface area contributed by atoms with Gasteiger partial charge in [0.25, 0.3) is 5.91 Å². The van der Waals surface area contributed by atoms with Gasteiger partial charge in [-0.1, -0.05) is 12.8 Å². The quantitative estimate of drug-likeness (QED) is 0.859. The molecule has 1 fully saturated rings. The van der Waals surface area contributed by atoms with Gasteiger partial charge < -0.3 is 10.6 Å². The van der Waals surface area contributed by atoms with E-state index in [1.54, 1.807) is 18.1 Å². The maximum atomic E-state index is 12.2. The zero-order chi connectivity index (χ0) is 12.4. The first-order valence-corrected chi connectivity index (χ1v) is 6.12. The lowest BCUT2D eigenvalue weighted by atomic mass is 10.1. The van der Waals surface area contributed by atoms with Crippen molar-refractivity contribution < 1.29 is 4.79 Å². The summed E-state index contributed by atoms with van der Waals surface area (Å²) in [7, 11) is 3.58. The minimum absolute atomic E-state index is 0.0255. The minimum atomic E-state index is -0.0255. The van der Waals surface area contributed by atoms with Gasteiger partial charge in [-0.25, -0.2) is 0 Å². The van der Waals surface area contributed by atoms with Crippen LogP contribution in [0.25, 0.3) is 0 Å². The number of nitrogen functional groups attached to an aromatic ring is 1. The fourth-order valence-electron chi connectivity index (χ4n) is 2.48. The Hall–Kier alpha value is -1.52. The van der Waals surface area contributed by atoms with E-state index < -0.39 is 0 Å². The van der Waals surface area contributed by atoms with Crippen LogP contribution in [-0.2, 0) is 7.05 Å². The van der Waals surface area contributed by atoms with Crippen molar-refractivity contribution >= 4 is 11.7 Å². The summed E-state index contributed by atoms with van der Waals surface area (Å²) in [5.74, 6) is 1.07. The topological polar surface area (TPSA) is 64.2 Å². The van der Waals surface area contributed by atoms with Crippen LogP contribution in [0.5, 0.6) is 0 Å². The summed E-state index contributed by atoms with van der Waals surface area (Å²) in [5.41, 5.74) is 6.31. The van der Waals surface area contributed by atoms with E-state index in [1.807, 2.05) is 7.05 Å². The number of nitrogens with zero attached hydrogens (tertiary/aromatic N) is 3. The molecule has 1 amide bonds. The van der Waals surface area contributed by atoms with Crippen LogP contribution in [0, 0.1) is 5.92 Å². The highest BCUT2D eigenvalue weighted by Crippen LogP contribution is 2.25. The number of anilines is 1. The molecule has 2 rings (SSSR count). The van der Waals surface area contributed by atoms with Crippen molar-refractivity contribution in [1.82, 2.24) is 14.7 Å². The fourth-order valence-corrected chi connectivity index (χ4v) is 2.48. The lowest BCUT2D eigenvalue weighted by molar-refractivity contribution is 0.0774. The summed E-state index contributed by atoms with van der Waals surface area (Å²) >= 11 is 0. The zero-order valence-electron chi connectivity index (χ0n) is 10.5. The Labute approximate surface area is 102 Å². The predicted molar refractivity (Wildman–Crippen MR) is 66.5 cm³/mol. The normalized spacial score (nSPS) is 16.4. The lowest BCUT2D eigenvalue weighted by Crippen LogP contribution is -2.31. The molecule has 17 heavy (non-hydrogen) atoms. The van der Waals surface area contributed by atoms with E-state index in [0.29, 0.717) is 17.3 Å². The van der Waals surface area contributed by atoms with E-state index in [4.69, 9.17) is 5.73 Å². The summed E-state index contributed by atoms with van der Waals surface area (Å²) in [6, 6.07) is 0. The number of carbonyl (C=O) groups is 1. The molecule has 1 aliphatic carbocycles. The van der Waals surface area contributed by atoms with Crippen molar-refractivity contribution in [2.75, 3.05) is 19.3 Å². The number of amides is 1. The Balaban J connectivity index is 2.01. The maximum absolute atomic E-state index is 12.2. The van der Waals surface area contributed by atoms with Gasteiger partial charge in [0.1, 0.15) is 11.4 Å². The van der Waals surface area contributed by atoms with Crippen LogP contribution in [0.4, 0.5) is 5.82 Å². The third-order valence-electron chi connectivity index (χ3n) is 3.57. The smallest absolute Gasteiger partial charge is 0.258 e. The number of hydrogen-bond donors (Lipinski definition) is 1. The maximum Gasteiger partial charge on any atom is 0.258 e. The molecule has 0 unspecified atom stereocenters. The second-order valence-corrected chi connectivity index (χ2v) is 4.90. The number of aryl methyl sites for hydroxylation is 1. The van der Waals surface area contributed by atoms with Gasteiger partial charge in [-0.2, -0.15) is 5.10 Å². The molecule has 5 nitrogen and oxygen atoms in total. The van der Waals surface area contributed by atoms with Crippen molar-refractivity contribution in [3.8, 4) is 0 Å². The zero-order valence-corrected chi connectivity index (χ0v) is 10.5. The van der Waals surface area contributed by atoms with E-state index >= 15 is 0 Å². The van der Waals surface area contributed by atoms with Crippen LogP contribution in [0.15, 0.2) is 6.20 Å². The molecule has 94 valence electrons. The Morgan fingerprint density at radius 3 is 2.76 bits per heavy atom. The van der Waals surface area contributed by atoms with Crippen LogP contribution in [0.1, 0.15) is 36.0 Å². The highest BCUT2D eigenvalue weighted by atomic mass is 16.2. The summed E-state index contributed by atoms with van der Waals surface area (Å²) in [5, 5.41) is 4.00. The van der Waals surface area contributed by atoms with Gasteiger partial charge >= 0.3 is 0 Å². The van der Waals surface area contributed by atoms with E-state index in [1.165, 1.54) is 30.4 Å². The van der Waals surface area contributed by atoms with Crippen molar-refractivity contribution in [2.24, 2.45) is 13.0 Å². The largest absolute Gasteiger partial charge is 0.383 e. The molecule has 0 spiro atoms. The molecular weight excluding hydrogens is 216 g/mol. The van der Waals surface area contributed by atoms with Crippen LogP contribution in [0.3, 0.4) is 0 Å². The Bertz CT molecular complexity index is 407. The van der Waals surface area contributed by atoms with Gasteiger partial charge in [0.05, 0.1) is 6.20 Å².